The van der Waals surface area contributed by atoms with E-state index in [0.29, 0.717) is 6.42 Å². The lowest BCUT2D eigenvalue weighted by Crippen LogP contribution is -2.33. The highest BCUT2D eigenvalue weighted by Gasteiger charge is 2.09. The van der Waals surface area contributed by atoms with Crippen molar-refractivity contribution in [2.24, 2.45) is 0 Å². The van der Waals surface area contributed by atoms with E-state index in [1.54, 1.807) is 0 Å². The van der Waals surface area contributed by atoms with Crippen LogP contribution in [0.1, 0.15) is 31.2 Å². The molecule has 1 saturated heterocycles. The zero-order chi connectivity index (χ0) is 14.0. The second-order valence-corrected chi connectivity index (χ2v) is 5.05. The number of likely N-dealkylation sites (tertiary alicyclic amines) is 1. The second kappa shape index (κ2) is 8.63. The average Bonchev–Trinajstić information content (AvgIpc) is 2.50. The molecule has 1 fully saturated rings. The van der Waals surface area contributed by atoms with Crippen molar-refractivity contribution in [2.75, 3.05) is 32.8 Å². The van der Waals surface area contributed by atoms with E-state index in [0.717, 1.165) is 24.5 Å². The molecule has 0 saturated carbocycles. The van der Waals surface area contributed by atoms with Crippen LogP contribution in [0.5, 0.6) is 5.75 Å². The molecule has 108 valence electrons. The number of benzene rings is 1. The fourth-order valence-corrected chi connectivity index (χ4v) is 2.33. The third-order valence-corrected chi connectivity index (χ3v) is 3.45. The van der Waals surface area contributed by atoms with Gasteiger partial charge in [-0.1, -0.05) is 18.3 Å². The van der Waals surface area contributed by atoms with E-state index >= 15 is 0 Å². The van der Waals surface area contributed by atoms with Crippen LogP contribution in [0.25, 0.3) is 0 Å². The monoisotopic (exact) mass is 273 g/mol. The van der Waals surface area contributed by atoms with Gasteiger partial charge in [0.2, 0.25) is 0 Å². The summed E-state index contributed by atoms with van der Waals surface area (Å²) in [6.45, 7) is 4.30. The van der Waals surface area contributed by atoms with Crippen molar-refractivity contribution < 1.29 is 9.84 Å². The summed E-state index contributed by atoms with van der Waals surface area (Å²) in [4.78, 5) is 2.47. The quantitative estimate of drug-likeness (QED) is 0.836. The molecule has 1 heterocycles. The molecule has 0 spiro atoms. The van der Waals surface area contributed by atoms with Crippen molar-refractivity contribution in [1.82, 2.24) is 4.90 Å². The summed E-state index contributed by atoms with van der Waals surface area (Å²) in [6, 6.07) is 7.83. The van der Waals surface area contributed by atoms with E-state index in [2.05, 4.69) is 16.7 Å². The molecule has 0 aromatic heterocycles. The Morgan fingerprint density at radius 1 is 1.10 bits per heavy atom. The van der Waals surface area contributed by atoms with Crippen LogP contribution in [0.3, 0.4) is 0 Å². The average molecular weight is 273 g/mol. The molecule has 1 aliphatic rings. The van der Waals surface area contributed by atoms with Gasteiger partial charge in [0.05, 0.1) is 6.61 Å². The van der Waals surface area contributed by atoms with Gasteiger partial charge < -0.3 is 9.84 Å². The number of aliphatic hydroxyl groups excluding tert-OH is 1. The van der Waals surface area contributed by atoms with Gasteiger partial charge in [0, 0.05) is 18.5 Å². The molecular formula is C17H23NO2. The van der Waals surface area contributed by atoms with Crippen molar-refractivity contribution in [3.05, 3.63) is 29.8 Å². The summed E-state index contributed by atoms with van der Waals surface area (Å²) in [5.41, 5.74) is 0.960. The van der Waals surface area contributed by atoms with Gasteiger partial charge in [-0.15, -0.1) is 0 Å². The Hall–Kier alpha value is -1.50. The van der Waals surface area contributed by atoms with Gasteiger partial charge in [-0.3, -0.25) is 4.90 Å². The first-order chi connectivity index (χ1) is 9.88. The molecule has 0 atom stereocenters. The van der Waals surface area contributed by atoms with Gasteiger partial charge >= 0.3 is 0 Å². The van der Waals surface area contributed by atoms with Crippen LogP contribution >= 0.6 is 0 Å². The standard InChI is InChI=1S/C17H23NO2/c19-14-5-2-6-16-7-9-17(10-8-16)20-15-13-18-11-3-1-4-12-18/h7-10,19H,1,3-5,11-15H2. The largest absolute Gasteiger partial charge is 0.492 e. The molecule has 1 aromatic rings. The minimum atomic E-state index is 0.116. The summed E-state index contributed by atoms with van der Waals surface area (Å²) >= 11 is 0. The molecule has 3 nitrogen and oxygen atoms in total. The normalized spacial score (nSPS) is 15.4. The van der Waals surface area contributed by atoms with E-state index in [1.165, 1.54) is 32.4 Å². The predicted molar refractivity (Wildman–Crippen MR) is 80.8 cm³/mol. The Morgan fingerprint density at radius 2 is 1.85 bits per heavy atom. The molecule has 0 bridgehead atoms. The van der Waals surface area contributed by atoms with Gasteiger partial charge in [0.15, 0.2) is 0 Å². The van der Waals surface area contributed by atoms with Gasteiger partial charge in [0.1, 0.15) is 12.4 Å². The number of aliphatic hydroxyl groups is 1. The summed E-state index contributed by atoms with van der Waals surface area (Å²) in [6.07, 6.45) is 4.53. The molecule has 0 unspecified atom stereocenters. The molecule has 0 amide bonds. The van der Waals surface area contributed by atoms with E-state index in [1.807, 2.05) is 24.3 Å². The van der Waals surface area contributed by atoms with Crippen molar-refractivity contribution in [3.63, 3.8) is 0 Å². The number of nitrogens with zero attached hydrogens (tertiary/aromatic N) is 1. The maximum atomic E-state index is 8.67. The van der Waals surface area contributed by atoms with Crippen LogP contribution < -0.4 is 4.74 Å². The maximum Gasteiger partial charge on any atom is 0.119 e. The Labute approximate surface area is 121 Å². The first-order valence-electron chi connectivity index (χ1n) is 7.43. The predicted octanol–water partition coefficient (Wildman–Crippen LogP) is 2.29. The Kier molecular flexibility index (Phi) is 6.43. The van der Waals surface area contributed by atoms with Gasteiger partial charge in [-0.2, -0.15) is 0 Å². The lowest BCUT2D eigenvalue weighted by molar-refractivity contribution is 0.183. The molecular weight excluding hydrogens is 250 g/mol. The van der Waals surface area contributed by atoms with E-state index < -0.39 is 0 Å². The Morgan fingerprint density at radius 3 is 2.55 bits per heavy atom. The topological polar surface area (TPSA) is 32.7 Å². The SMILES string of the molecule is OCCC#Cc1ccc(OCCN2CCCCC2)cc1. The van der Waals surface area contributed by atoms with E-state index in [-0.39, 0.29) is 6.61 Å². The highest BCUT2D eigenvalue weighted by molar-refractivity contribution is 5.38. The summed E-state index contributed by atoms with van der Waals surface area (Å²) in [5.74, 6) is 6.81. The van der Waals surface area contributed by atoms with Gasteiger partial charge in [-0.05, 0) is 50.2 Å². The number of ether oxygens (including phenoxy) is 1. The summed E-state index contributed by atoms with van der Waals surface area (Å²) in [5, 5.41) is 8.67. The highest BCUT2D eigenvalue weighted by atomic mass is 16.5. The third-order valence-electron chi connectivity index (χ3n) is 3.45. The van der Waals surface area contributed by atoms with Crippen LogP contribution in [0.4, 0.5) is 0 Å². The Balaban J connectivity index is 1.72. The minimum absolute atomic E-state index is 0.116. The molecule has 0 radical (unpaired) electrons. The summed E-state index contributed by atoms with van der Waals surface area (Å²) in [7, 11) is 0. The number of piperidine rings is 1. The molecule has 1 N–H and O–H groups in total. The molecule has 0 aliphatic carbocycles. The first kappa shape index (κ1) is 14.9. The number of hydrogen-bond donors (Lipinski definition) is 1. The van der Waals surface area contributed by atoms with Gasteiger partial charge in [0.25, 0.3) is 0 Å². The van der Waals surface area contributed by atoms with Crippen molar-refractivity contribution in [2.45, 2.75) is 25.7 Å². The zero-order valence-electron chi connectivity index (χ0n) is 12.0. The minimum Gasteiger partial charge on any atom is -0.492 e. The van der Waals surface area contributed by atoms with Gasteiger partial charge in [-0.25, -0.2) is 0 Å². The Bertz CT molecular complexity index is 438. The number of rotatable bonds is 5. The van der Waals surface area contributed by atoms with Crippen LogP contribution in [-0.4, -0.2) is 42.9 Å². The van der Waals surface area contributed by atoms with E-state index in [4.69, 9.17) is 9.84 Å². The molecule has 1 aromatic carbocycles. The van der Waals surface area contributed by atoms with Crippen molar-refractivity contribution in [1.29, 1.82) is 0 Å². The molecule has 20 heavy (non-hydrogen) atoms. The molecule has 2 rings (SSSR count). The van der Waals surface area contributed by atoms with Crippen LogP contribution in [-0.2, 0) is 0 Å². The molecule has 1 aliphatic heterocycles. The van der Waals surface area contributed by atoms with Crippen molar-refractivity contribution in [3.8, 4) is 17.6 Å². The fraction of sp³-hybridized carbons (Fsp3) is 0.529. The lowest BCUT2D eigenvalue weighted by atomic mass is 10.1. The smallest absolute Gasteiger partial charge is 0.119 e. The second-order valence-electron chi connectivity index (χ2n) is 5.05. The zero-order valence-corrected chi connectivity index (χ0v) is 12.0. The molecule has 3 heteroatoms. The summed E-state index contributed by atoms with van der Waals surface area (Å²) < 4.78 is 5.76. The highest BCUT2D eigenvalue weighted by Crippen LogP contribution is 2.12. The maximum absolute atomic E-state index is 8.67. The van der Waals surface area contributed by atoms with Crippen molar-refractivity contribution >= 4 is 0 Å². The van der Waals surface area contributed by atoms with Crippen LogP contribution in [0, 0.1) is 11.8 Å². The fourth-order valence-electron chi connectivity index (χ4n) is 2.33. The number of hydrogen-bond acceptors (Lipinski definition) is 3. The lowest BCUT2D eigenvalue weighted by Gasteiger charge is -2.26. The van der Waals surface area contributed by atoms with Crippen LogP contribution in [0.2, 0.25) is 0 Å². The first-order valence-corrected chi connectivity index (χ1v) is 7.43. The third kappa shape index (κ3) is 5.24. The van der Waals surface area contributed by atoms with Crippen LogP contribution in [0.15, 0.2) is 24.3 Å². The van der Waals surface area contributed by atoms with E-state index in [9.17, 15) is 0 Å².